The third-order valence-electron chi connectivity index (χ3n) is 3.94. The molecule has 0 saturated heterocycles. The van der Waals surface area contributed by atoms with Crippen molar-refractivity contribution in [1.29, 1.82) is 0 Å². The lowest BCUT2D eigenvalue weighted by Gasteiger charge is -2.13. The average Bonchev–Trinajstić information content (AvgIpc) is 3.15. The molecule has 11 heteroatoms. The van der Waals surface area contributed by atoms with Gasteiger partial charge in [0.2, 0.25) is 0 Å². The van der Waals surface area contributed by atoms with Crippen LogP contribution in [0.1, 0.15) is 20.7 Å². The fraction of sp³-hybridized carbons (Fsp3) is 0.105. The number of carbonyl (C=O) groups is 4. The molecule has 0 bridgehead atoms. The highest BCUT2D eigenvalue weighted by Gasteiger charge is 2.24. The summed E-state index contributed by atoms with van der Waals surface area (Å²) >= 11 is 7.42. The van der Waals surface area contributed by atoms with Gasteiger partial charge in [-0.3, -0.25) is 19.2 Å². The van der Waals surface area contributed by atoms with E-state index < -0.39 is 36.8 Å². The largest absolute Gasteiger partial charge is 0.480 e. The maximum atomic E-state index is 12.8. The molecule has 1 aromatic heterocycles. The molecule has 30 heavy (non-hydrogen) atoms. The van der Waals surface area contributed by atoms with E-state index in [1.54, 1.807) is 24.3 Å². The molecule has 3 aromatic rings. The van der Waals surface area contributed by atoms with E-state index >= 15 is 0 Å². The Bertz CT molecular complexity index is 1180. The molecule has 0 unspecified atom stereocenters. The van der Waals surface area contributed by atoms with Crippen LogP contribution in [0.15, 0.2) is 36.4 Å². The third-order valence-corrected chi connectivity index (χ3v) is 5.30. The van der Waals surface area contributed by atoms with Gasteiger partial charge in [0, 0.05) is 5.56 Å². The first-order valence-electron chi connectivity index (χ1n) is 8.46. The molecule has 1 heterocycles. The summed E-state index contributed by atoms with van der Waals surface area (Å²) in [7, 11) is 0. The molecule has 0 saturated carbocycles. The third kappa shape index (κ3) is 4.56. The molecule has 3 rings (SSSR count). The molecule has 154 valence electrons. The van der Waals surface area contributed by atoms with Gasteiger partial charge in [0.25, 0.3) is 11.8 Å². The Balaban J connectivity index is 2.13. The first kappa shape index (κ1) is 21.2. The van der Waals surface area contributed by atoms with Crippen LogP contribution < -0.4 is 10.6 Å². The Labute approximate surface area is 178 Å². The van der Waals surface area contributed by atoms with Gasteiger partial charge < -0.3 is 20.8 Å². The SMILES string of the molecule is O=C(O)CNC(=O)c1cccc(-c2nc3c(Cl)cccc3s2)c1C(=O)NCC(=O)O. The maximum Gasteiger partial charge on any atom is 0.322 e. The van der Waals surface area contributed by atoms with Crippen molar-refractivity contribution in [2.24, 2.45) is 0 Å². The highest BCUT2D eigenvalue weighted by molar-refractivity contribution is 7.21. The van der Waals surface area contributed by atoms with Gasteiger partial charge in [-0.15, -0.1) is 11.3 Å². The van der Waals surface area contributed by atoms with Crippen molar-refractivity contribution in [2.75, 3.05) is 13.1 Å². The summed E-state index contributed by atoms with van der Waals surface area (Å²) in [5.74, 6) is -4.11. The highest BCUT2D eigenvalue weighted by Crippen LogP contribution is 2.36. The summed E-state index contributed by atoms with van der Waals surface area (Å²) in [6, 6.07) is 9.65. The zero-order chi connectivity index (χ0) is 21.8. The number of para-hydroxylation sites is 1. The average molecular weight is 448 g/mol. The van der Waals surface area contributed by atoms with E-state index in [9.17, 15) is 19.2 Å². The number of aliphatic carboxylic acids is 2. The Morgan fingerprint density at radius 1 is 0.933 bits per heavy atom. The summed E-state index contributed by atoms with van der Waals surface area (Å²) in [5, 5.41) is 22.9. The van der Waals surface area contributed by atoms with Gasteiger partial charge in [0.05, 0.1) is 20.8 Å². The van der Waals surface area contributed by atoms with Crippen LogP contribution in [0.2, 0.25) is 5.02 Å². The fourth-order valence-electron chi connectivity index (χ4n) is 2.69. The second-order valence-corrected chi connectivity index (χ2v) is 7.42. The number of carboxylic acids is 2. The number of hydrogen-bond acceptors (Lipinski definition) is 6. The molecule has 0 aliphatic rings. The Morgan fingerprint density at radius 2 is 1.57 bits per heavy atom. The quantitative estimate of drug-likeness (QED) is 0.434. The van der Waals surface area contributed by atoms with Crippen molar-refractivity contribution in [3.05, 3.63) is 52.5 Å². The molecule has 0 atom stereocenters. The van der Waals surface area contributed by atoms with Gasteiger partial charge in [-0.25, -0.2) is 4.98 Å². The van der Waals surface area contributed by atoms with Gasteiger partial charge in [-0.1, -0.05) is 29.8 Å². The number of nitrogens with zero attached hydrogens (tertiary/aromatic N) is 1. The lowest BCUT2D eigenvalue weighted by atomic mass is 9.99. The van der Waals surface area contributed by atoms with Crippen LogP contribution in [0.3, 0.4) is 0 Å². The number of thiazole rings is 1. The number of carboxylic acid groups (broad SMARTS) is 2. The van der Waals surface area contributed by atoms with E-state index in [1.807, 2.05) is 0 Å². The Morgan fingerprint density at radius 3 is 2.20 bits per heavy atom. The second-order valence-electron chi connectivity index (χ2n) is 5.99. The summed E-state index contributed by atoms with van der Waals surface area (Å²) < 4.78 is 0.759. The van der Waals surface area contributed by atoms with Crippen molar-refractivity contribution < 1.29 is 29.4 Å². The monoisotopic (exact) mass is 447 g/mol. The van der Waals surface area contributed by atoms with Crippen LogP contribution in [0.5, 0.6) is 0 Å². The van der Waals surface area contributed by atoms with Crippen LogP contribution in [0.4, 0.5) is 0 Å². The Hall–Kier alpha value is -3.50. The van der Waals surface area contributed by atoms with Crippen LogP contribution in [0.25, 0.3) is 20.8 Å². The molecular formula is C19H14ClN3O6S. The molecule has 9 nitrogen and oxygen atoms in total. The lowest BCUT2D eigenvalue weighted by Crippen LogP contribution is -2.34. The predicted octanol–water partition coefficient (Wildman–Crippen LogP) is 2.25. The van der Waals surface area contributed by atoms with Gasteiger partial charge in [-0.05, 0) is 18.2 Å². The summed E-state index contributed by atoms with van der Waals surface area (Å²) in [4.78, 5) is 51.4. The fourth-order valence-corrected chi connectivity index (χ4v) is 3.99. The number of halogens is 1. The van der Waals surface area contributed by atoms with E-state index in [0.29, 0.717) is 15.5 Å². The number of benzene rings is 2. The summed E-state index contributed by atoms with van der Waals surface area (Å²) in [6.07, 6.45) is 0. The number of nitrogens with one attached hydrogen (secondary N) is 2. The Kier molecular flexibility index (Phi) is 6.28. The highest BCUT2D eigenvalue weighted by atomic mass is 35.5. The van der Waals surface area contributed by atoms with Crippen molar-refractivity contribution in [3.63, 3.8) is 0 Å². The van der Waals surface area contributed by atoms with Gasteiger partial charge in [-0.2, -0.15) is 0 Å². The van der Waals surface area contributed by atoms with Crippen molar-refractivity contribution in [1.82, 2.24) is 15.6 Å². The number of aromatic nitrogens is 1. The number of amides is 2. The smallest absolute Gasteiger partial charge is 0.322 e. The first-order valence-corrected chi connectivity index (χ1v) is 9.65. The van der Waals surface area contributed by atoms with Crippen molar-refractivity contribution in [3.8, 4) is 10.6 Å². The van der Waals surface area contributed by atoms with Crippen LogP contribution in [0, 0.1) is 0 Å². The number of hydrogen-bond donors (Lipinski definition) is 4. The summed E-state index contributed by atoms with van der Waals surface area (Å²) in [6.45, 7) is -1.30. The summed E-state index contributed by atoms with van der Waals surface area (Å²) in [5.41, 5.74) is 0.591. The van der Waals surface area contributed by atoms with E-state index in [-0.39, 0.29) is 16.7 Å². The minimum Gasteiger partial charge on any atom is -0.480 e. The van der Waals surface area contributed by atoms with Crippen molar-refractivity contribution in [2.45, 2.75) is 0 Å². The minimum atomic E-state index is -1.26. The van der Waals surface area contributed by atoms with Crippen molar-refractivity contribution >= 4 is 56.9 Å². The molecule has 4 N–H and O–H groups in total. The van der Waals surface area contributed by atoms with Gasteiger partial charge in [0.15, 0.2) is 0 Å². The van der Waals surface area contributed by atoms with Gasteiger partial charge in [0.1, 0.15) is 23.6 Å². The molecule has 2 amide bonds. The van der Waals surface area contributed by atoms with E-state index in [4.69, 9.17) is 21.8 Å². The molecule has 0 spiro atoms. The predicted molar refractivity (Wildman–Crippen MR) is 110 cm³/mol. The minimum absolute atomic E-state index is 0.109. The van der Waals surface area contributed by atoms with E-state index in [2.05, 4.69) is 15.6 Å². The topological polar surface area (TPSA) is 146 Å². The number of rotatable bonds is 7. The molecule has 0 aliphatic heterocycles. The standard InChI is InChI=1S/C19H14ClN3O6S/c20-11-5-2-6-12-16(11)23-19(30-12)10-4-1-3-9(17(28)21-7-13(24)25)15(10)18(29)22-8-14(26)27/h1-6H,7-8H2,(H,21,28)(H,22,29)(H,24,25)(H,26,27). The zero-order valence-corrected chi connectivity index (χ0v) is 16.7. The lowest BCUT2D eigenvalue weighted by molar-refractivity contribution is -0.136. The maximum absolute atomic E-state index is 12.8. The van der Waals surface area contributed by atoms with E-state index in [1.165, 1.54) is 23.5 Å². The molecular weight excluding hydrogens is 434 g/mol. The number of carbonyl (C=O) groups excluding carboxylic acids is 2. The van der Waals surface area contributed by atoms with Crippen LogP contribution in [-0.2, 0) is 9.59 Å². The second kappa shape index (κ2) is 8.89. The van der Waals surface area contributed by atoms with Crippen LogP contribution in [-0.4, -0.2) is 52.0 Å². The molecule has 0 radical (unpaired) electrons. The van der Waals surface area contributed by atoms with Crippen LogP contribution >= 0.6 is 22.9 Å². The normalized spacial score (nSPS) is 10.6. The van der Waals surface area contributed by atoms with Gasteiger partial charge >= 0.3 is 11.9 Å². The molecule has 2 aromatic carbocycles. The van der Waals surface area contributed by atoms with E-state index in [0.717, 1.165) is 4.70 Å². The zero-order valence-electron chi connectivity index (χ0n) is 15.1. The first-order chi connectivity index (χ1) is 14.3. The molecule has 0 aliphatic carbocycles. The number of fused-ring (bicyclic) bond motifs is 1. The molecule has 0 fully saturated rings.